The monoisotopic (exact) mass is 244 g/mol. The molecule has 4 heteroatoms. The molecule has 1 aromatic heterocycles. The predicted octanol–water partition coefficient (Wildman–Crippen LogP) is 2.55. The van der Waals surface area contributed by atoms with E-state index in [2.05, 4.69) is 11.2 Å². The lowest BCUT2D eigenvalue weighted by atomic mass is 10.1. The lowest BCUT2D eigenvalue weighted by molar-refractivity contribution is 0.0684. The molecule has 18 heavy (non-hydrogen) atoms. The molecule has 0 fully saturated rings. The molecule has 2 aromatic rings. The summed E-state index contributed by atoms with van der Waals surface area (Å²) in [5.41, 5.74) is 4.39. The van der Waals surface area contributed by atoms with Gasteiger partial charge in [-0.3, -0.25) is 4.68 Å². The normalized spacial score (nSPS) is 10.6. The Balaban J connectivity index is 2.36. The fourth-order valence-corrected chi connectivity index (χ4v) is 2.02. The van der Waals surface area contributed by atoms with Crippen LogP contribution in [0, 0.1) is 20.8 Å². The zero-order chi connectivity index (χ0) is 13.3. The quantitative estimate of drug-likeness (QED) is 0.902. The third kappa shape index (κ3) is 2.42. The van der Waals surface area contributed by atoms with Gasteiger partial charge in [0.2, 0.25) is 0 Å². The Kier molecular flexibility index (Phi) is 3.19. The Morgan fingerprint density at radius 1 is 1.28 bits per heavy atom. The molecule has 1 heterocycles. The third-order valence-electron chi connectivity index (χ3n) is 2.94. The highest BCUT2D eigenvalue weighted by Gasteiger charge is 2.13. The first-order chi connectivity index (χ1) is 8.47. The highest BCUT2D eigenvalue weighted by Crippen LogP contribution is 2.14. The Bertz CT molecular complexity index is 600. The Morgan fingerprint density at radius 2 is 2.00 bits per heavy atom. The van der Waals surface area contributed by atoms with Crippen LogP contribution in [0.15, 0.2) is 24.3 Å². The molecule has 0 aliphatic rings. The molecule has 94 valence electrons. The molecule has 2 rings (SSSR count). The predicted molar refractivity (Wildman–Crippen MR) is 68.9 cm³/mol. The van der Waals surface area contributed by atoms with Crippen LogP contribution < -0.4 is 0 Å². The van der Waals surface area contributed by atoms with Crippen LogP contribution in [0.5, 0.6) is 0 Å². The number of carboxylic acid groups (broad SMARTS) is 1. The van der Waals surface area contributed by atoms with Crippen molar-refractivity contribution in [2.45, 2.75) is 27.3 Å². The molecule has 0 spiro atoms. The van der Waals surface area contributed by atoms with E-state index in [-0.39, 0.29) is 5.69 Å². The van der Waals surface area contributed by atoms with E-state index in [0.29, 0.717) is 6.54 Å². The number of hydrogen-bond acceptors (Lipinski definition) is 2. The Morgan fingerprint density at radius 3 is 2.61 bits per heavy atom. The first-order valence-electron chi connectivity index (χ1n) is 5.81. The summed E-state index contributed by atoms with van der Waals surface area (Å²) < 4.78 is 1.54. The number of benzene rings is 1. The standard InChI is InChI=1S/C14H16N2O2/c1-9-4-5-12(10(2)6-9)8-16-13(14(17)18)7-11(3)15-16/h4-7H,8H2,1-3H3,(H,17,18). The number of nitrogens with zero attached hydrogens (tertiary/aromatic N) is 2. The fraction of sp³-hybridized carbons (Fsp3) is 0.286. The van der Waals surface area contributed by atoms with Gasteiger partial charge in [-0.25, -0.2) is 4.79 Å². The Hall–Kier alpha value is -2.10. The second-order valence-corrected chi connectivity index (χ2v) is 4.56. The topological polar surface area (TPSA) is 55.1 Å². The van der Waals surface area contributed by atoms with Crippen LogP contribution >= 0.6 is 0 Å². The first kappa shape index (κ1) is 12.4. The second kappa shape index (κ2) is 4.64. The molecule has 0 aliphatic heterocycles. The summed E-state index contributed by atoms with van der Waals surface area (Å²) in [7, 11) is 0. The minimum Gasteiger partial charge on any atom is -0.477 e. The maximum atomic E-state index is 11.1. The van der Waals surface area contributed by atoms with E-state index in [1.54, 1.807) is 13.0 Å². The van der Waals surface area contributed by atoms with E-state index < -0.39 is 5.97 Å². The molecule has 0 atom stereocenters. The SMILES string of the molecule is Cc1ccc(Cn2nc(C)cc2C(=O)O)c(C)c1. The van der Waals surface area contributed by atoms with Gasteiger partial charge in [0.15, 0.2) is 0 Å². The molecule has 0 amide bonds. The number of aromatic nitrogens is 2. The van der Waals surface area contributed by atoms with Crippen molar-refractivity contribution in [3.05, 3.63) is 52.3 Å². The van der Waals surface area contributed by atoms with Crippen molar-refractivity contribution in [3.63, 3.8) is 0 Å². The maximum Gasteiger partial charge on any atom is 0.354 e. The van der Waals surface area contributed by atoms with Gasteiger partial charge in [0.1, 0.15) is 5.69 Å². The van der Waals surface area contributed by atoms with Gasteiger partial charge in [-0.1, -0.05) is 23.8 Å². The minimum atomic E-state index is -0.944. The van der Waals surface area contributed by atoms with Crippen molar-refractivity contribution in [1.29, 1.82) is 0 Å². The third-order valence-corrected chi connectivity index (χ3v) is 2.94. The molecule has 0 unspecified atom stereocenters. The summed E-state index contributed by atoms with van der Waals surface area (Å²) in [5, 5.41) is 13.3. The summed E-state index contributed by atoms with van der Waals surface area (Å²) >= 11 is 0. The molecule has 0 saturated carbocycles. The van der Waals surface area contributed by atoms with Gasteiger partial charge < -0.3 is 5.11 Å². The van der Waals surface area contributed by atoms with E-state index in [1.165, 1.54) is 10.2 Å². The van der Waals surface area contributed by atoms with Gasteiger partial charge in [-0.05, 0) is 38.0 Å². The van der Waals surface area contributed by atoms with Crippen molar-refractivity contribution in [2.24, 2.45) is 0 Å². The van der Waals surface area contributed by atoms with Crippen LogP contribution in [0.25, 0.3) is 0 Å². The number of carbonyl (C=O) groups is 1. The van der Waals surface area contributed by atoms with Crippen LogP contribution in [0.3, 0.4) is 0 Å². The van der Waals surface area contributed by atoms with Crippen molar-refractivity contribution >= 4 is 5.97 Å². The van der Waals surface area contributed by atoms with Crippen LogP contribution in [0.1, 0.15) is 32.9 Å². The maximum absolute atomic E-state index is 11.1. The highest BCUT2D eigenvalue weighted by molar-refractivity contribution is 5.85. The molecule has 0 radical (unpaired) electrons. The van der Waals surface area contributed by atoms with E-state index >= 15 is 0 Å². The van der Waals surface area contributed by atoms with Gasteiger partial charge >= 0.3 is 5.97 Å². The Labute approximate surface area is 106 Å². The van der Waals surface area contributed by atoms with E-state index in [0.717, 1.165) is 16.8 Å². The molecule has 0 bridgehead atoms. The van der Waals surface area contributed by atoms with Crippen LogP contribution in [-0.2, 0) is 6.54 Å². The van der Waals surface area contributed by atoms with E-state index in [4.69, 9.17) is 5.11 Å². The summed E-state index contributed by atoms with van der Waals surface area (Å²) in [6.07, 6.45) is 0. The van der Waals surface area contributed by atoms with Gasteiger partial charge in [0, 0.05) is 0 Å². The van der Waals surface area contributed by atoms with Crippen molar-refractivity contribution in [1.82, 2.24) is 9.78 Å². The summed E-state index contributed by atoms with van der Waals surface area (Å²) in [5.74, 6) is -0.944. The highest BCUT2D eigenvalue weighted by atomic mass is 16.4. The zero-order valence-electron chi connectivity index (χ0n) is 10.8. The largest absolute Gasteiger partial charge is 0.477 e. The van der Waals surface area contributed by atoms with Crippen LogP contribution in [-0.4, -0.2) is 20.9 Å². The molecule has 0 saturated heterocycles. The summed E-state index contributed by atoms with van der Waals surface area (Å²) in [4.78, 5) is 11.1. The molecular weight excluding hydrogens is 228 g/mol. The molecule has 4 nitrogen and oxygen atoms in total. The number of aryl methyl sites for hydroxylation is 3. The summed E-state index contributed by atoms with van der Waals surface area (Å²) in [6.45, 7) is 6.35. The van der Waals surface area contributed by atoms with Crippen molar-refractivity contribution in [2.75, 3.05) is 0 Å². The number of rotatable bonds is 3. The van der Waals surface area contributed by atoms with Crippen molar-refractivity contribution in [3.8, 4) is 0 Å². The number of aromatic carboxylic acids is 1. The smallest absolute Gasteiger partial charge is 0.354 e. The van der Waals surface area contributed by atoms with E-state index in [1.807, 2.05) is 26.0 Å². The number of hydrogen-bond donors (Lipinski definition) is 1. The zero-order valence-corrected chi connectivity index (χ0v) is 10.8. The average Bonchev–Trinajstić information content (AvgIpc) is 2.64. The summed E-state index contributed by atoms with van der Waals surface area (Å²) in [6, 6.07) is 7.73. The van der Waals surface area contributed by atoms with Gasteiger partial charge in [-0.15, -0.1) is 0 Å². The van der Waals surface area contributed by atoms with Gasteiger partial charge in [0.25, 0.3) is 0 Å². The second-order valence-electron chi connectivity index (χ2n) is 4.56. The number of carboxylic acids is 1. The first-order valence-corrected chi connectivity index (χ1v) is 5.81. The van der Waals surface area contributed by atoms with Crippen molar-refractivity contribution < 1.29 is 9.90 Å². The average molecular weight is 244 g/mol. The molecule has 1 N–H and O–H groups in total. The fourth-order valence-electron chi connectivity index (χ4n) is 2.02. The lowest BCUT2D eigenvalue weighted by Crippen LogP contribution is -2.11. The molecular formula is C14H16N2O2. The van der Waals surface area contributed by atoms with E-state index in [9.17, 15) is 4.79 Å². The lowest BCUT2D eigenvalue weighted by Gasteiger charge is -2.08. The van der Waals surface area contributed by atoms with Crippen LogP contribution in [0.2, 0.25) is 0 Å². The molecule has 1 aromatic carbocycles. The van der Waals surface area contributed by atoms with Gasteiger partial charge in [0.05, 0.1) is 12.2 Å². The van der Waals surface area contributed by atoms with Crippen LogP contribution in [0.4, 0.5) is 0 Å². The molecule has 0 aliphatic carbocycles. The minimum absolute atomic E-state index is 0.229. The van der Waals surface area contributed by atoms with Gasteiger partial charge in [-0.2, -0.15) is 5.10 Å².